The van der Waals surface area contributed by atoms with E-state index < -0.39 is 10.0 Å². The average Bonchev–Trinajstić information content (AvgIpc) is 3.29. The van der Waals surface area contributed by atoms with Crippen LogP contribution in [-0.4, -0.2) is 49.2 Å². The Morgan fingerprint density at radius 2 is 1.87 bits per heavy atom. The molecule has 0 amide bonds. The van der Waals surface area contributed by atoms with Crippen LogP contribution in [0.4, 0.5) is 4.39 Å². The fraction of sp³-hybridized carbons (Fsp3) is 0.333. The number of sulfonamides is 1. The Morgan fingerprint density at radius 1 is 1.06 bits per heavy atom. The highest BCUT2D eigenvalue weighted by Crippen LogP contribution is 2.37. The SMILES string of the molecule is O=S(=O)(c1ccc2c(c1)OCCO2)N1CCCC(c2nnc(-c3ccccc3F)s2)C1. The lowest BCUT2D eigenvalue weighted by atomic mass is 10.0. The van der Waals surface area contributed by atoms with Crippen molar-refractivity contribution in [2.75, 3.05) is 26.3 Å². The summed E-state index contributed by atoms with van der Waals surface area (Å²) in [5.41, 5.74) is 0.405. The predicted octanol–water partition coefficient (Wildman–Crippen LogP) is 3.68. The van der Waals surface area contributed by atoms with Crippen molar-refractivity contribution in [3.05, 3.63) is 53.3 Å². The summed E-state index contributed by atoms with van der Waals surface area (Å²) < 4.78 is 53.1. The van der Waals surface area contributed by atoms with Gasteiger partial charge in [0.05, 0.1) is 4.90 Å². The molecule has 1 aromatic heterocycles. The molecule has 0 N–H and O–H groups in total. The molecule has 162 valence electrons. The molecular weight excluding hydrogens is 441 g/mol. The van der Waals surface area contributed by atoms with Crippen LogP contribution in [0.2, 0.25) is 0 Å². The van der Waals surface area contributed by atoms with Gasteiger partial charge in [0, 0.05) is 30.6 Å². The van der Waals surface area contributed by atoms with Crippen LogP contribution in [0.15, 0.2) is 47.4 Å². The van der Waals surface area contributed by atoms with Crippen molar-refractivity contribution in [3.8, 4) is 22.1 Å². The van der Waals surface area contributed by atoms with Gasteiger partial charge in [0.1, 0.15) is 24.0 Å². The first kappa shape index (κ1) is 20.3. The van der Waals surface area contributed by atoms with Crippen molar-refractivity contribution in [3.63, 3.8) is 0 Å². The number of benzene rings is 2. The largest absolute Gasteiger partial charge is 0.486 e. The van der Waals surface area contributed by atoms with Crippen LogP contribution in [0, 0.1) is 5.82 Å². The van der Waals surface area contributed by atoms with E-state index in [2.05, 4.69) is 10.2 Å². The highest BCUT2D eigenvalue weighted by molar-refractivity contribution is 7.89. The second-order valence-electron chi connectivity index (χ2n) is 7.43. The van der Waals surface area contributed by atoms with Crippen LogP contribution in [-0.2, 0) is 10.0 Å². The molecule has 31 heavy (non-hydrogen) atoms. The Kier molecular flexibility index (Phi) is 5.37. The molecule has 10 heteroatoms. The van der Waals surface area contributed by atoms with Crippen molar-refractivity contribution >= 4 is 21.4 Å². The fourth-order valence-electron chi connectivity index (χ4n) is 3.84. The lowest BCUT2D eigenvalue weighted by molar-refractivity contribution is 0.171. The van der Waals surface area contributed by atoms with Gasteiger partial charge in [0.2, 0.25) is 10.0 Å². The molecule has 1 atom stereocenters. The number of halogens is 1. The van der Waals surface area contributed by atoms with Gasteiger partial charge in [-0.15, -0.1) is 10.2 Å². The molecule has 1 unspecified atom stereocenters. The Hall–Kier alpha value is -2.56. The number of fused-ring (bicyclic) bond motifs is 1. The maximum absolute atomic E-state index is 14.1. The molecule has 0 bridgehead atoms. The minimum absolute atomic E-state index is 0.0845. The first-order valence-electron chi connectivity index (χ1n) is 10.0. The molecular formula is C21H20FN3O4S2. The van der Waals surface area contributed by atoms with E-state index in [4.69, 9.17) is 9.47 Å². The van der Waals surface area contributed by atoms with Gasteiger partial charge in [-0.3, -0.25) is 0 Å². The van der Waals surface area contributed by atoms with E-state index in [1.807, 2.05) is 0 Å². The maximum Gasteiger partial charge on any atom is 0.243 e. The number of hydrogen-bond acceptors (Lipinski definition) is 7. The summed E-state index contributed by atoms with van der Waals surface area (Å²) >= 11 is 1.31. The third-order valence-corrected chi connectivity index (χ3v) is 8.41. The lowest BCUT2D eigenvalue weighted by Crippen LogP contribution is -2.39. The van der Waals surface area contributed by atoms with E-state index in [-0.39, 0.29) is 16.6 Å². The highest BCUT2D eigenvalue weighted by atomic mass is 32.2. The maximum atomic E-state index is 14.1. The van der Waals surface area contributed by atoms with E-state index in [9.17, 15) is 12.8 Å². The van der Waals surface area contributed by atoms with Crippen molar-refractivity contribution in [1.29, 1.82) is 0 Å². The Labute approximate surface area is 183 Å². The predicted molar refractivity (Wildman–Crippen MR) is 113 cm³/mol. The summed E-state index contributed by atoms with van der Waals surface area (Å²) in [5, 5.41) is 9.62. The van der Waals surface area contributed by atoms with Gasteiger partial charge in [-0.25, -0.2) is 12.8 Å². The zero-order valence-electron chi connectivity index (χ0n) is 16.5. The van der Waals surface area contributed by atoms with Gasteiger partial charge in [-0.1, -0.05) is 23.5 Å². The third-order valence-electron chi connectivity index (χ3n) is 5.43. The minimum atomic E-state index is -3.69. The first-order chi connectivity index (χ1) is 15.0. The van der Waals surface area contributed by atoms with Crippen LogP contribution in [0.3, 0.4) is 0 Å². The third kappa shape index (κ3) is 3.90. The number of hydrogen-bond donors (Lipinski definition) is 0. The number of ether oxygens (including phenoxy) is 2. The van der Waals surface area contributed by atoms with Crippen molar-refractivity contribution in [2.45, 2.75) is 23.7 Å². The number of rotatable bonds is 4. The molecule has 2 aromatic carbocycles. The molecule has 0 aliphatic carbocycles. The van der Waals surface area contributed by atoms with Gasteiger partial charge in [0.25, 0.3) is 0 Å². The van der Waals surface area contributed by atoms with Crippen LogP contribution >= 0.6 is 11.3 Å². The fourth-order valence-corrected chi connectivity index (χ4v) is 6.37. The van der Waals surface area contributed by atoms with Crippen LogP contribution in [0.5, 0.6) is 11.5 Å². The van der Waals surface area contributed by atoms with Crippen molar-refractivity contribution < 1.29 is 22.3 Å². The van der Waals surface area contributed by atoms with Gasteiger partial charge in [-0.05, 0) is 37.1 Å². The van der Waals surface area contributed by atoms with Crippen LogP contribution in [0.25, 0.3) is 10.6 Å². The van der Waals surface area contributed by atoms with Gasteiger partial charge in [0.15, 0.2) is 16.5 Å². The monoisotopic (exact) mass is 461 g/mol. The normalized spacial score (nSPS) is 19.3. The van der Waals surface area contributed by atoms with E-state index in [1.54, 1.807) is 30.3 Å². The van der Waals surface area contributed by atoms with Gasteiger partial charge < -0.3 is 9.47 Å². The Morgan fingerprint density at radius 3 is 2.71 bits per heavy atom. The van der Waals surface area contributed by atoms with Gasteiger partial charge >= 0.3 is 0 Å². The van der Waals surface area contributed by atoms with Gasteiger partial charge in [-0.2, -0.15) is 4.31 Å². The number of piperidine rings is 1. The number of aromatic nitrogens is 2. The topological polar surface area (TPSA) is 81.6 Å². The van der Waals surface area contributed by atoms with Crippen LogP contribution in [0.1, 0.15) is 23.8 Å². The summed E-state index contributed by atoms with van der Waals surface area (Å²) in [7, 11) is -3.69. The molecule has 3 aromatic rings. The summed E-state index contributed by atoms with van der Waals surface area (Å²) in [6.07, 6.45) is 1.52. The van der Waals surface area contributed by atoms with E-state index in [0.717, 1.165) is 11.4 Å². The molecule has 3 heterocycles. The smallest absolute Gasteiger partial charge is 0.243 e. The van der Waals surface area contributed by atoms with Crippen LogP contribution < -0.4 is 9.47 Å². The van der Waals surface area contributed by atoms with E-state index in [0.29, 0.717) is 54.8 Å². The van der Waals surface area contributed by atoms with Crippen molar-refractivity contribution in [1.82, 2.24) is 14.5 Å². The summed E-state index contributed by atoms with van der Waals surface area (Å²) in [5.74, 6) is 0.561. The summed E-state index contributed by atoms with van der Waals surface area (Å²) in [6.45, 7) is 1.59. The minimum Gasteiger partial charge on any atom is -0.486 e. The first-order valence-corrected chi connectivity index (χ1v) is 12.3. The lowest BCUT2D eigenvalue weighted by Gasteiger charge is -2.31. The second kappa shape index (κ2) is 8.18. The molecule has 0 spiro atoms. The molecule has 7 nitrogen and oxygen atoms in total. The quantitative estimate of drug-likeness (QED) is 0.590. The summed E-state index contributed by atoms with van der Waals surface area (Å²) in [6, 6.07) is 11.1. The van der Waals surface area contributed by atoms with E-state index in [1.165, 1.54) is 27.8 Å². The second-order valence-corrected chi connectivity index (χ2v) is 10.4. The molecule has 5 rings (SSSR count). The molecule has 1 fully saturated rings. The molecule has 0 radical (unpaired) electrons. The standard InChI is InChI=1S/C21H20FN3O4S2/c22-17-6-2-1-5-16(17)21-24-23-20(30-21)14-4-3-9-25(13-14)31(26,27)15-7-8-18-19(12-15)29-11-10-28-18/h1-2,5-8,12,14H,3-4,9-11,13H2. The molecule has 0 saturated carbocycles. The molecule has 2 aliphatic heterocycles. The summed E-state index contributed by atoms with van der Waals surface area (Å²) in [4.78, 5) is 0.182. The molecule has 1 saturated heterocycles. The average molecular weight is 462 g/mol. The zero-order valence-corrected chi connectivity index (χ0v) is 18.2. The number of nitrogens with zero attached hydrogens (tertiary/aromatic N) is 3. The highest BCUT2D eigenvalue weighted by Gasteiger charge is 2.33. The van der Waals surface area contributed by atoms with Crippen molar-refractivity contribution in [2.24, 2.45) is 0 Å². The molecule has 2 aliphatic rings. The zero-order chi connectivity index (χ0) is 21.4. The van der Waals surface area contributed by atoms with E-state index >= 15 is 0 Å². The Bertz CT molecular complexity index is 1210. The Balaban J connectivity index is 1.38.